The quantitative estimate of drug-likeness (QED) is 0.0226. The van der Waals surface area contributed by atoms with Gasteiger partial charge in [0.1, 0.15) is 0 Å². The molecule has 1 aliphatic heterocycles. The van der Waals surface area contributed by atoms with Crippen molar-refractivity contribution in [3.63, 3.8) is 0 Å². The molecule has 4 aromatic rings. The van der Waals surface area contributed by atoms with Gasteiger partial charge < -0.3 is 67.2 Å². The minimum absolute atomic E-state index is 0.00628. The normalized spacial score (nSPS) is 14.2. The maximum absolute atomic E-state index is 13.6. The fraction of sp³-hybridized carbons (Fsp3) is 0.627. The third kappa shape index (κ3) is 28.0. The van der Waals surface area contributed by atoms with Crippen LogP contribution in [-0.4, -0.2) is 154 Å². The third-order valence-corrected chi connectivity index (χ3v) is 16.6. The van der Waals surface area contributed by atoms with E-state index in [4.69, 9.17) is 41.9 Å². The number of aliphatic hydroxyl groups is 2. The number of rotatable bonds is 46. The first-order valence-electron chi connectivity index (χ1n) is 32.0. The van der Waals surface area contributed by atoms with Gasteiger partial charge in [0.25, 0.3) is 5.91 Å². The number of phenolic OH excluding ortho intramolecular Hbond substituents is 1. The standard InChI is InChI=1S/C49H83N3O11S.C18H24N2O3S/c1-6-7-8-9-10-11-12-13-14-17-24-57-25-18-21-50-48(55)42-19-15-16-20-47(42)63-64(56)51-45-36-44-41(39-54)38-49(4,5)52(46(44)37-43(45)40(2)3)22-26-58-28-30-60-32-34-62-35-33-61-31-29-59-27-23-53;1-5-20(6-2)15-8-9-16(14(4)12-15)19-24(22)23-18-11-13(3)7-10-17(18)21/h15-16,19-20,36-37,40-41,51,53-54H,6-14,17-18,21-35,38-39H2,1-5H3,(H,50,55);7-12,19,21H,5-6H2,1-4H3. The number of ether oxygens (including phenoxy) is 6. The molecule has 496 valence electrons. The zero-order valence-corrected chi connectivity index (χ0v) is 56.0. The molecule has 19 nitrogen and oxygen atoms in total. The number of phenols is 1. The zero-order chi connectivity index (χ0) is 63.9. The number of aliphatic hydroxyl groups excluding tert-OH is 2. The minimum atomic E-state index is -2.03. The summed E-state index contributed by atoms with van der Waals surface area (Å²) in [4.78, 5) is 17.8. The van der Waals surface area contributed by atoms with E-state index in [0.717, 1.165) is 71.9 Å². The number of para-hydroxylation sites is 1. The number of aryl methyl sites for hydroxylation is 2. The number of amides is 1. The molecule has 88 heavy (non-hydrogen) atoms. The number of anilines is 4. The Morgan fingerprint density at radius 1 is 0.648 bits per heavy atom. The van der Waals surface area contributed by atoms with Crippen molar-refractivity contribution in [3.05, 3.63) is 101 Å². The van der Waals surface area contributed by atoms with Crippen molar-refractivity contribution in [1.82, 2.24) is 5.32 Å². The molecule has 0 aliphatic carbocycles. The zero-order valence-electron chi connectivity index (χ0n) is 54.3. The Balaban J connectivity index is 0.000000572. The number of fused-ring (bicyclic) bond motifs is 1. The van der Waals surface area contributed by atoms with Crippen molar-refractivity contribution >= 4 is 51.2 Å². The van der Waals surface area contributed by atoms with Crippen molar-refractivity contribution in [3.8, 4) is 17.2 Å². The molecule has 4 aromatic carbocycles. The van der Waals surface area contributed by atoms with Gasteiger partial charge in [0, 0.05) is 62.2 Å². The summed E-state index contributed by atoms with van der Waals surface area (Å²) >= 11 is -3.82. The van der Waals surface area contributed by atoms with E-state index in [9.17, 15) is 23.4 Å². The molecule has 0 saturated heterocycles. The summed E-state index contributed by atoms with van der Waals surface area (Å²) in [6, 6.07) is 21.8. The summed E-state index contributed by atoms with van der Waals surface area (Å²) < 4.78 is 76.5. The Kier molecular flexibility index (Phi) is 37.4. The van der Waals surface area contributed by atoms with Gasteiger partial charge in [-0.2, -0.15) is 8.42 Å². The lowest BCUT2D eigenvalue weighted by molar-refractivity contribution is -0.0130. The Bertz CT molecular complexity index is 2630. The van der Waals surface area contributed by atoms with Crippen LogP contribution in [0.2, 0.25) is 0 Å². The largest absolute Gasteiger partial charge is 0.504 e. The van der Waals surface area contributed by atoms with Crippen LogP contribution >= 0.6 is 0 Å². The molecule has 5 rings (SSSR count). The van der Waals surface area contributed by atoms with E-state index in [-0.39, 0.29) is 53.7 Å². The lowest BCUT2D eigenvalue weighted by atomic mass is 9.78. The fourth-order valence-electron chi connectivity index (χ4n) is 10.3. The SMILES string of the molecule is CCCCCCCCCCCCOCCCNC(=O)c1ccccc1OS(=O)Nc1cc2c(cc1C(C)C)N(CCOCCOCCOCCOCCOCCO)C(C)(C)CC2CO.CCN(CC)c1ccc(NS(=O)Oc2cc(C)ccc2O)c(C)c1. The molecule has 1 amide bonds. The summed E-state index contributed by atoms with van der Waals surface area (Å²) in [5.41, 5.74) is 7.38. The highest BCUT2D eigenvalue weighted by molar-refractivity contribution is 7.82. The maximum Gasteiger partial charge on any atom is 0.316 e. The van der Waals surface area contributed by atoms with E-state index < -0.39 is 22.5 Å². The van der Waals surface area contributed by atoms with E-state index in [1.807, 2.05) is 32.0 Å². The summed E-state index contributed by atoms with van der Waals surface area (Å²) in [6.07, 6.45) is 14.3. The Labute approximate surface area is 531 Å². The number of aromatic hydroxyl groups is 1. The van der Waals surface area contributed by atoms with Gasteiger partial charge in [0.15, 0.2) is 17.2 Å². The van der Waals surface area contributed by atoms with Crippen LogP contribution < -0.4 is 32.9 Å². The second-order valence-corrected chi connectivity index (χ2v) is 24.5. The highest BCUT2D eigenvalue weighted by Crippen LogP contribution is 2.46. The topological polar surface area (TPSA) is 228 Å². The van der Waals surface area contributed by atoms with Crippen LogP contribution in [0.3, 0.4) is 0 Å². The van der Waals surface area contributed by atoms with Crippen molar-refractivity contribution in [2.75, 3.05) is 138 Å². The molecule has 21 heteroatoms. The molecule has 3 unspecified atom stereocenters. The van der Waals surface area contributed by atoms with Gasteiger partial charge in [0.2, 0.25) is 0 Å². The second kappa shape index (κ2) is 43.6. The van der Waals surface area contributed by atoms with Gasteiger partial charge in [-0.15, -0.1) is 0 Å². The first kappa shape index (κ1) is 75.4. The molecule has 6 N–H and O–H groups in total. The number of hydrogen-bond acceptors (Lipinski definition) is 16. The third-order valence-electron chi connectivity index (χ3n) is 15.1. The smallest absolute Gasteiger partial charge is 0.316 e. The van der Waals surface area contributed by atoms with E-state index in [1.54, 1.807) is 36.4 Å². The first-order valence-corrected chi connectivity index (χ1v) is 34.1. The number of carbonyl (C=O) groups excluding carboxylic acids is 1. The molecule has 0 fully saturated rings. The summed E-state index contributed by atoms with van der Waals surface area (Å²) in [6.45, 7) is 27.6. The molecule has 0 aromatic heterocycles. The van der Waals surface area contributed by atoms with Gasteiger partial charge in [-0.3, -0.25) is 14.2 Å². The van der Waals surface area contributed by atoms with Crippen molar-refractivity contribution in [2.24, 2.45) is 0 Å². The molecule has 1 aliphatic rings. The van der Waals surface area contributed by atoms with Crippen molar-refractivity contribution in [2.45, 2.75) is 157 Å². The van der Waals surface area contributed by atoms with Crippen molar-refractivity contribution < 1.29 is 65.3 Å². The van der Waals surface area contributed by atoms with E-state index in [1.165, 1.54) is 63.9 Å². The minimum Gasteiger partial charge on any atom is -0.504 e. The van der Waals surface area contributed by atoms with Crippen LogP contribution in [0, 0.1) is 13.8 Å². The number of carbonyl (C=O) groups is 1. The number of nitrogens with zero attached hydrogens (tertiary/aromatic N) is 2. The van der Waals surface area contributed by atoms with Crippen molar-refractivity contribution in [1.29, 1.82) is 0 Å². The average molecular weight is 1270 g/mol. The van der Waals surface area contributed by atoms with Gasteiger partial charge in [-0.25, -0.2) is 0 Å². The molecule has 0 bridgehead atoms. The molecule has 0 spiro atoms. The number of unbranched alkanes of at least 4 members (excludes halogenated alkanes) is 9. The molecule has 3 atom stereocenters. The lowest BCUT2D eigenvalue weighted by Crippen LogP contribution is -2.50. The van der Waals surface area contributed by atoms with Crippen LogP contribution in [0.4, 0.5) is 22.7 Å². The van der Waals surface area contributed by atoms with Crippen LogP contribution in [0.5, 0.6) is 17.2 Å². The highest BCUT2D eigenvalue weighted by atomic mass is 32.2. The molecular weight excluding hydrogens is 1160 g/mol. The highest BCUT2D eigenvalue weighted by Gasteiger charge is 2.38. The fourth-order valence-corrected chi connectivity index (χ4v) is 11.8. The van der Waals surface area contributed by atoms with E-state index >= 15 is 0 Å². The van der Waals surface area contributed by atoms with Crippen LogP contribution in [0.1, 0.15) is 170 Å². The molecule has 0 saturated carbocycles. The monoisotopic (exact) mass is 1270 g/mol. The molecule has 0 radical (unpaired) electrons. The number of nitrogens with one attached hydrogen (secondary N) is 3. The predicted molar refractivity (Wildman–Crippen MR) is 356 cm³/mol. The maximum atomic E-state index is 13.6. The van der Waals surface area contributed by atoms with Crippen LogP contribution in [0.25, 0.3) is 0 Å². The summed E-state index contributed by atoms with van der Waals surface area (Å²) in [5.74, 6) is 0.0169. The van der Waals surface area contributed by atoms with E-state index in [0.29, 0.717) is 103 Å². The average Bonchev–Trinajstić information content (AvgIpc) is 0.836. The Hall–Kier alpha value is -5.07. The number of benzene rings is 4. The molecule has 1 heterocycles. The number of hydrogen-bond donors (Lipinski definition) is 6. The van der Waals surface area contributed by atoms with Crippen LogP contribution in [-0.2, 0) is 51.0 Å². The van der Waals surface area contributed by atoms with Gasteiger partial charge in [-0.1, -0.05) is 96.8 Å². The van der Waals surface area contributed by atoms with Gasteiger partial charge in [0.05, 0.1) is 96.2 Å². The van der Waals surface area contributed by atoms with Gasteiger partial charge >= 0.3 is 22.5 Å². The summed E-state index contributed by atoms with van der Waals surface area (Å²) in [5, 5.41) is 32.0. The van der Waals surface area contributed by atoms with Gasteiger partial charge in [-0.05, 0) is 144 Å². The first-order chi connectivity index (χ1) is 42.6. The predicted octanol–water partition coefficient (Wildman–Crippen LogP) is 12.0. The van der Waals surface area contributed by atoms with Crippen LogP contribution in [0.15, 0.2) is 72.8 Å². The molecular formula is C67H107N5O14S2. The Morgan fingerprint density at radius 2 is 1.20 bits per heavy atom. The second-order valence-electron chi connectivity index (χ2n) is 22.9. The summed E-state index contributed by atoms with van der Waals surface area (Å²) in [7, 11) is 0. The van der Waals surface area contributed by atoms with E-state index in [2.05, 4.69) is 85.2 Å². The lowest BCUT2D eigenvalue weighted by Gasteiger charge is -2.48. The Morgan fingerprint density at radius 3 is 1.80 bits per heavy atom.